The molecule has 0 aromatic heterocycles. The molecule has 13 heavy (non-hydrogen) atoms. The summed E-state index contributed by atoms with van der Waals surface area (Å²) in [5, 5.41) is 0. The Morgan fingerprint density at radius 1 is 1.08 bits per heavy atom. The minimum atomic E-state index is -4.84. The first-order chi connectivity index (χ1) is 5.79. The molecule has 0 aliphatic carbocycles. The second kappa shape index (κ2) is 3.44. The number of rotatable bonds is 2. The van der Waals surface area contributed by atoms with Gasteiger partial charge in [0.25, 0.3) is 5.92 Å². The topological polar surface area (TPSA) is 4.44 Å². The molecule has 7 heteroatoms. The van der Waals surface area contributed by atoms with Gasteiger partial charge in [-0.1, -0.05) is 0 Å². The number of halogens is 5. The minimum Gasteiger partial charge on any atom is -0.445 e. The molecular weight excluding hydrogens is 192 g/mol. The Bertz CT molecular complexity index is 170. The van der Waals surface area contributed by atoms with Crippen molar-refractivity contribution in [2.45, 2.75) is 18.8 Å². The molecule has 0 bridgehead atoms. The van der Waals surface area contributed by atoms with Crippen LogP contribution in [0.3, 0.4) is 0 Å². The molecule has 0 unspecified atom stereocenters. The first-order valence-electron chi connectivity index (χ1n) is 4.21. The van der Waals surface area contributed by atoms with Crippen molar-refractivity contribution in [1.82, 2.24) is 0 Å². The van der Waals surface area contributed by atoms with E-state index in [1.807, 2.05) is 0 Å². The average Bonchev–Trinajstić information content (AvgIpc) is 1.91. The fourth-order valence-corrected chi connectivity index (χ4v) is 1.50. The van der Waals surface area contributed by atoms with Crippen molar-refractivity contribution in [3.8, 4) is 0 Å². The maximum Gasteiger partial charge on any atom is 0.531 e. The number of quaternary nitrogens is 1. The molecule has 0 spiro atoms. The van der Waals surface area contributed by atoms with Crippen LogP contribution in [0, 0.1) is 0 Å². The van der Waals surface area contributed by atoms with Crippen LogP contribution < -0.4 is 4.90 Å². The van der Waals surface area contributed by atoms with E-state index in [0.717, 1.165) is 0 Å². The van der Waals surface area contributed by atoms with E-state index in [9.17, 15) is 21.7 Å². The lowest BCUT2D eigenvalue weighted by Crippen LogP contribution is -3.15. The fourth-order valence-electron chi connectivity index (χ4n) is 1.50. The number of piperidine rings is 1. The molecular formula is C6H11BF5N. The lowest BCUT2D eigenvalue weighted by Gasteiger charge is -2.31. The van der Waals surface area contributed by atoms with Gasteiger partial charge in [0.05, 0.1) is 32.4 Å². The second-order valence-corrected chi connectivity index (χ2v) is 3.52. The normalized spacial score (nSPS) is 24.7. The van der Waals surface area contributed by atoms with E-state index < -0.39 is 32.2 Å². The van der Waals surface area contributed by atoms with Crippen LogP contribution >= 0.6 is 0 Å². The molecule has 1 aliphatic rings. The average molecular weight is 203 g/mol. The predicted octanol–water partition coefficient (Wildman–Crippen LogP) is 0.687. The summed E-state index contributed by atoms with van der Waals surface area (Å²) in [5.74, 6) is -2.75. The summed E-state index contributed by atoms with van der Waals surface area (Å²) in [4.78, 5) is 0.235. The molecule has 1 heterocycles. The lowest BCUT2D eigenvalue weighted by molar-refractivity contribution is -0.899. The second-order valence-electron chi connectivity index (χ2n) is 3.52. The Labute approximate surface area is 73.0 Å². The smallest absolute Gasteiger partial charge is 0.445 e. The van der Waals surface area contributed by atoms with E-state index in [2.05, 4.69) is 0 Å². The summed E-state index contributed by atoms with van der Waals surface area (Å²) < 4.78 is 60.7. The largest absolute Gasteiger partial charge is 0.531 e. The maximum atomic E-state index is 12.5. The molecule has 1 aliphatic heterocycles. The first kappa shape index (κ1) is 10.8. The van der Waals surface area contributed by atoms with Crippen LogP contribution in [-0.4, -0.2) is 32.4 Å². The molecule has 1 rings (SSSR count). The van der Waals surface area contributed by atoms with Gasteiger partial charge in [-0.15, -0.1) is 0 Å². The standard InChI is InChI=1S/C6H10BF5N/c8-6(9)1-3-13(4-2-6)5-7(10,11)12/h1-5H2/q-1/p+1. The summed E-state index contributed by atoms with van der Waals surface area (Å²) in [5.41, 5.74) is 0. The summed E-state index contributed by atoms with van der Waals surface area (Å²) in [7, 11) is 0. The van der Waals surface area contributed by atoms with Crippen LogP contribution in [0.4, 0.5) is 21.7 Å². The van der Waals surface area contributed by atoms with Crippen molar-refractivity contribution in [3.05, 3.63) is 0 Å². The van der Waals surface area contributed by atoms with Crippen LogP contribution in [0.1, 0.15) is 12.8 Å². The van der Waals surface area contributed by atoms with Gasteiger partial charge in [0.15, 0.2) is 0 Å². The first-order valence-corrected chi connectivity index (χ1v) is 4.21. The summed E-state index contributed by atoms with van der Waals surface area (Å²) in [6, 6.07) is 0. The van der Waals surface area contributed by atoms with E-state index >= 15 is 0 Å². The van der Waals surface area contributed by atoms with Gasteiger partial charge in [0.1, 0.15) is 0 Å². The van der Waals surface area contributed by atoms with Gasteiger partial charge in [-0.25, -0.2) is 8.78 Å². The van der Waals surface area contributed by atoms with Gasteiger partial charge >= 0.3 is 6.98 Å². The van der Waals surface area contributed by atoms with E-state index in [4.69, 9.17) is 0 Å². The minimum absolute atomic E-state index is 0.0751. The van der Waals surface area contributed by atoms with Crippen molar-refractivity contribution >= 4 is 6.98 Å². The van der Waals surface area contributed by atoms with E-state index in [-0.39, 0.29) is 18.0 Å². The molecule has 0 aromatic rings. The quantitative estimate of drug-likeness (QED) is 0.497. The predicted molar refractivity (Wildman–Crippen MR) is 38.8 cm³/mol. The zero-order valence-electron chi connectivity index (χ0n) is 7.00. The number of hydrogen-bond acceptors (Lipinski definition) is 0. The van der Waals surface area contributed by atoms with Crippen LogP contribution in [-0.2, 0) is 0 Å². The van der Waals surface area contributed by atoms with Gasteiger partial charge in [-0.3, -0.25) is 0 Å². The number of hydrogen-bond donors (Lipinski definition) is 1. The molecule has 0 aromatic carbocycles. The van der Waals surface area contributed by atoms with E-state index in [0.29, 0.717) is 0 Å². The molecule has 1 nitrogen and oxygen atoms in total. The lowest BCUT2D eigenvalue weighted by atomic mass is 9.90. The molecule has 1 saturated heterocycles. The van der Waals surface area contributed by atoms with Gasteiger partial charge in [-0.05, 0) is 0 Å². The Balaban J connectivity index is 2.34. The highest BCUT2D eigenvalue weighted by Crippen LogP contribution is 2.22. The molecule has 0 atom stereocenters. The highest BCUT2D eigenvalue weighted by Gasteiger charge is 2.39. The van der Waals surface area contributed by atoms with Gasteiger partial charge in [0.2, 0.25) is 0 Å². The molecule has 1 N–H and O–H groups in total. The Morgan fingerprint density at radius 2 is 1.54 bits per heavy atom. The van der Waals surface area contributed by atoms with Crippen molar-refractivity contribution in [2.24, 2.45) is 0 Å². The molecule has 1 fully saturated rings. The van der Waals surface area contributed by atoms with Crippen LogP contribution in [0.25, 0.3) is 0 Å². The van der Waals surface area contributed by atoms with Crippen molar-refractivity contribution < 1.29 is 26.6 Å². The van der Waals surface area contributed by atoms with E-state index in [1.54, 1.807) is 0 Å². The Kier molecular flexibility index (Phi) is 2.84. The summed E-state index contributed by atoms with van der Waals surface area (Å²) >= 11 is 0. The number of likely N-dealkylation sites (tertiary alicyclic amines) is 1. The third kappa shape index (κ3) is 3.93. The van der Waals surface area contributed by atoms with Crippen LogP contribution in [0.15, 0.2) is 0 Å². The summed E-state index contributed by atoms with van der Waals surface area (Å²) in [6.45, 7) is -4.99. The maximum absolute atomic E-state index is 12.5. The summed E-state index contributed by atoms with van der Waals surface area (Å²) in [6.07, 6.45) is -1.78. The molecule has 0 amide bonds. The number of nitrogens with one attached hydrogen (secondary N) is 1. The molecule has 0 saturated carbocycles. The van der Waals surface area contributed by atoms with Crippen LogP contribution in [0.5, 0.6) is 0 Å². The van der Waals surface area contributed by atoms with Crippen molar-refractivity contribution in [1.29, 1.82) is 0 Å². The van der Waals surface area contributed by atoms with Crippen molar-refractivity contribution in [2.75, 3.05) is 19.5 Å². The monoisotopic (exact) mass is 203 g/mol. The van der Waals surface area contributed by atoms with Crippen LogP contribution in [0.2, 0.25) is 0 Å². The Morgan fingerprint density at radius 3 is 1.92 bits per heavy atom. The number of alkyl halides is 2. The third-order valence-corrected chi connectivity index (χ3v) is 2.21. The van der Waals surface area contributed by atoms with E-state index in [1.165, 1.54) is 0 Å². The van der Waals surface area contributed by atoms with Gasteiger partial charge in [0, 0.05) is 0 Å². The zero-order valence-corrected chi connectivity index (χ0v) is 7.00. The molecule has 78 valence electrons. The highest BCUT2D eigenvalue weighted by atomic mass is 19.4. The molecule has 0 radical (unpaired) electrons. The van der Waals surface area contributed by atoms with Gasteiger partial charge in [-0.2, -0.15) is 0 Å². The Hall–Kier alpha value is -0.325. The van der Waals surface area contributed by atoms with Crippen molar-refractivity contribution in [3.63, 3.8) is 0 Å². The fraction of sp³-hybridized carbons (Fsp3) is 1.00. The van der Waals surface area contributed by atoms with Gasteiger partial charge < -0.3 is 17.8 Å². The SMILES string of the molecule is F[B-](F)(F)C[NH+]1CCC(F)(F)CC1. The zero-order chi connectivity index (χ0) is 10.1. The third-order valence-electron chi connectivity index (χ3n) is 2.21. The highest BCUT2D eigenvalue weighted by molar-refractivity contribution is 6.58.